The van der Waals surface area contributed by atoms with Crippen LogP contribution in [0.25, 0.3) is 5.82 Å². The minimum atomic E-state index is -0.493. The largest absolute Gasteiger partial charge is 0.333 e. The Kier molecular flexibility index (Phi) is 3.76. The van der Waals surface area contributed by atoms with Gasteiger partial charge in [-0.1, -0.05) is 6.07 Å². The third-order valence-corrected chi connectivity index (χ3v) is 4.28. The lowest BCUT2D eigenvalue weighted by atomic mass is 9.98. The molecule has 25 heavy (non-hydrogen) atoms. The van der Waals surface area contributed by atoms with Crippen LogP contribution in [0.5, 0.6) is 0 Å². The van der Waals surface area contributed by atoms with E-state index in [2.05, 4.69) is 10.1 Å². The van der Waals surface area contributed by atoms with Gasteiger partial charge in [0.25, 0.3) is 5.91 Å². The Morgan fingerprint density at radius 3 is 2.60 bits per heavy atom. The van der Waals surface area contributed by atoms with Gasteiger partial charge in [0.05, 0.1) is 0 Å². The zero-order valence-electron chi connectivity index (χ0n) is 13.2. The number of pyridine rings is 1. The molecule has 3 heterocycles. The van der Waals surface area contributed by atoms with Gasteiger partial charge in [0.15, 0.2) is 5.82 Å². The second-order valence-corrected chi connectivity index (χ2v) is 5.79. The van der Waals surface area contributed by atoms with E-state index in [9.17, 15) is 13.6 Å². The molecule has 0 saturated carbocycles. The highest BCUT2D eigenvalue weighted by Gasteiger charge is 2.26. The van der Waals surface area contributed by atoms with Crippen molar-refractivity contribution in [2.75, 3.05) is 6.54 Å². The van der Waals surface area contributed by atoms with Crippen molar-refractivity contribution in [1.29, 1.82) is 0 Å². The van der Waals surface area contributed by atoms with E-state index in [1.54, 1.807) is 41.3 Å². The van der Waals surface area contributed by atoms with E-state index in [0.29, 0.717) is 17.9 Å². The lowest BCUT2D eigenvalue weighted by molar-refractivity contribution is 0.0725. The molecule has 0 aliphatic carbocycles. The minimum Gasteiger partial charge on any atom is -0.333 e. The van der Waals surface area contributed by atoms with E-state index in [4.69, 9.17) is 0 Å². The van der Waals surface area contributed by atoms with E-state index >= 15 is 0 Å². The topological polar surface area (TPSA) is 51.0 Å². The highest BCUT2D eigenvalue weighted by atomic mass is 19.1. The van der Waals surface area contributed by atoms with Crippen molar-refractivity contribution in [2.45, 2.75) is 13.0 Å². The lowest BCUT2D eigenvalue weighted by Crippen LogP contribution is -2.37. The number of hydrogen-bond acceptors (Lipinski definition) is 3. The van der Waals surface area contributed by atoms with Gasteiger partial charge in [0, 0.05) is 31.0 Å². The third kappa shape index (κ3) is 2.77. The number of carbonyl (C=O) groups is 1. The number of aromatic nitrogens is 3. The predicted octanol–water partition coefficient (Wildman–Crippen LogP) is 2.74. The smallest absolute Gasteiger partial charge is 0.272 e. The summed E-state index contributed by atoms with van der Waals surface area (Å²) in [6.45, 7) is 0.353. The summed E-state index contributed by atoms with van der Waals surface area (Å²) in [5.41, 5.74) is 0.832. The maximum atomic E-state index is 14.0. The molecule has 1 amide bonds. The number of amides is 1. The summed E-state index contributed by atoms with van der Waals surface area (Å²) < 4.78 is 29.4. The zero-order valence-corrected chi connectivity index (χ0v) is 13.2. The van der Waals surface area contributed by atoms with Gasteiger partial charge in [-0.05, 0) is 42.3 Å². The number of rotatable bonds is 2. The quantitative estimate of drug-likeness (QED) is 0.721. The Morgan fingerprint density at radius 1 is 1.04 bits per heavy atom. The van der Waals surface area contributed by atoms with Gasteiger partial charge in [-0.2, -0.15) is 5.10 Å². The number of hydrogen-bond donors (Lipinski definition) is 0. The van der Waals surface area contributed by atoms with E-state index in [0.717, 1.165) is 12.1 Å². The van der Waals surface area contributed by atoms with E-state index in [1.165, 1.54) is 4.90 Å². The summed E-state index contributed by atoms with van der Waals surface area (Å²) in [6.07, 6.45) is 3.63. The molecule has 5 nitrogen and oxygen atoms in total. The molecule has 0 saturated heterocycles. The summed E-state index contributed by atoms with van der Waals surface area (Å²) in [5.74, 6) is -0.719. The normalized spacial score (nSPS) is 13.6. The second-order valence-electron chi connectivity index (χ2n) is 5.79. The van der Waals surface area contributed by atoms with Gasteiger partial charge in [0.2, 0.25) is 0 Å². The molecular weight excluding hydrogens is 326 g/mol. The molecule has 0 N–H and O–H groups in total. The average molecular weight is 340 g/mol. The zero-order chi connectivity index (χ0) is 17.4. The molecule has 0 atom stereocenters. The summed E-state index contributed by atoms with van der Waals surface area (Å²) in [5, 5.41) is 4.09. The minimum absolute atomic E-state index is 0.0332. The van der Waals surface area contributed by atoms with Crippen LogP contribution in [0.1, 0.15) is 21.6 Å². The Bertz CT molecular complexity index is 940. The standard InChI is InChI=1S/C18H14F2N4O/c19-14-5-6-15(20)13-11-23(10-7-12(13)14)18(25)16-3-1-4-17(22-16)24-9-2-8-21-24/h1-6,8-9H,7,10-11H2. The first-order chi connectivity index (χ1) is 12.1. The van der Waals surface area contributed by atoms with Gasteiger partial charge in [0.1, 0.15) is 17.3 Å². The van der Waals surface area contributed by atoms with Crippen molar-refractivity contribution in [2.24, 2.45) is 0 Å². The third-order valence-electron chi connectivity index (χ3n) is 4.28. The maximum absolute atomic E-state index is 14.0. The van der Waals surface area contributed by atoms with Crippen molar-refractivity contribution in [3.8, 4) is 5.82 Å². The van der Waals surface area contributed by atoms with Crippen LogP contribution in [0.3, 0.4) is 0 Å². The summed E-state index contributed by atoms with van der Waals surface area (Å²) in [6, 6.07) is 9.04. The van der Waals surface area contributed by atoms with Crippen LogP contribution in [0.15, 0.2) is 48.8 Å². The summed E-state index contributed by atoms with van der Waals surface area (Å²) in [4.78, 5) is 18.6. The first-order valence-corrected chi connectivity index (χ1v) is 7.85. The monoisotopic (exact) mass is 340 g/mol. The Labute approximate surface area is 142 Å². The number of benzene rings is 1. The molecule has 4 rings (SSSR count). The van der Waals surface area contributed by atoms with Crippen LogP contribution in [0.2, 0.25) is 0 Å². The van der Waals surface area contributed by atoms with Crippen LogP contribution in [0.4, 0.5) is 8.78 Å². The van der Waals surface area contributed by atoms with E-state index in [1.807, 2.05) is 0 Å². The first-order valence-electron chi connectivity index (χ1n) is 7.85. The SMILES string of the molecule is O=C(c1cccc(-n2cccn2)n1)N1CCc2c(F)ccc(F)c2C1. The van der Waals surface area contributed by atoms with Crippen LogP contribution >= 0.6 is 0 Å². The molecule has 126 valence electrons. The van der Waals surface area contributed by atoms with Gasteiger partial charge in [-0.15, -0.1) is 0 Å². The van der Waals surface area contributed by atoms with Crippen molar-refractivity contribution < 1.29 is 13.6 Å². The highest BCUT2D eigenvalue weighted by molar-refractivity contribution is 5.92. The van der Waals surface area contributed by atoms with Crippen LogP contribution in [-0.2, 0) is 13.0 Å². The molecular formula is C18H14F2N4O. The van der Waals surface area contributed by atoms with Crippen molar-refractivity contribution >= 4 is 5.91 Å². The van der Waals surface area contributed by atoms with Gasteiger partial charge in [-0.3, -0.25) is 4.79 Å². The number of carbonyl (C=O) groups excluding carboxylic acids is 1. The van der Waals surface area contributed by atoms with Crippen LogP contribution in [-0.4, -0.2) is 32.1 Å². The second kappa shape index (κ2) is 6.08. The fourth-order valence-corrected chi connectivity index (χ4v) is 3.00. The molecule has 1 aliphatic rings. The van der Waals surface area contributed by atoms with Gasteiger partial charge < -0.3 is 4.90 Å². The van der Waals surface area contributed by atoms with Crippen molar-refractivity contribution in [3.05, 3.63) is 77.2 Å². The molecule has 1 aliphatic heterocycles. The molecule has 0 unspecified atom stereocenters. The van der Waals surface area contributed by atoms with Crippen molar-refractivity contribution in [1.82, 2.24) is 19.7 Å². The number of nitrogens with zero attached hydrogens (tertiary/aromatic N) is 4. The molecule has 2 aromatic heterocycles. The summed E-state index contributed by atoms with van der Waals surface area (Å²) in [7, 11) is 0. The molecule has 3 aromatic rings. The highest BCUT2D eigenvalue weighted by Crippen LogP contribution is 2.25. The van der Waals surface area contributed by atoms with Gasteiger partial charge in [-0.25, -0.2) is 18.4 Å². The lowest BCUT2D eigenvalue weighted by Gasteiger charge is -2.29. The van der Waals surface area contributed by atoms with Crippen LogP contribution < -0.4 is 0 Å². The molecule has 0 radical (unpaired) electrons. The fourth-order valence-electron chi connectivity index (χ4n) is 3.00. The predicted molar refractivity (Wildman–Crippen MR) is 86.2 cm³/mol. The molecule has 0 fully saturated rings. The van der Waals surface area contributed by atoms with Gasteiger partial charge >= 0.3 is 0 Å². The maximum Gasteiger partial charge on any atom is 0.272 e. The first kappa shape index (κ1) is 15.4. The number of fused-ring (bicyclic) bond motifs is 1. The van der Waals surface area contributed by atoms with E-state index in [-0.39, 0.29) is 30.1 Å². The molecule has 0 spiro atoms. The summed E-state index contributed by atoms with van der Waals surface area (Å²) >= 11 is 0. The average Bonchev–Trinajstić information content (AvgIpc) is 3.19. The van der Waals surface area contributed by atoms with Crippen LogP contribution in [0, 0.1) is 11.6 Å². The molecule has 0 bridgehead atoms. The Balaban J connectivity index is 1.62. The molecule has 7 heteroatoms. The number of halogens is 2. The van der Waals surface area contributed by atoms with Crippen molar-refractivity contribution in [3.63, 3.8) is 0 Å². The van der Waals surface area contributed by atoms with E-state index < -0.39 is 11.6 Å². The fraction of sp³-hybridized carbons (Fsp3) is 0.167. The molecule has 1 aromatic carbocycles. The Morgan fingerprint density at radius 2 is 1.84 bits per heavy atom. The Hall–Kier alpha value is -3.09.